The second-order valence-electron chi connectivity index (χ2n) is 5.01. The summed E-state index contributed by atoms with van der Waals surface area (Å²) in [7, 11) is 0. The monoisotopic (exact) mass is 301 g/mol. The molecule has 0 radical (unpaired) electrons. The van der Waals surface area contributed by atoms with Gasteiger partial charge in [0, 0.05) is 28.6 Å². The van der Waals surface area contributed by atoms with Crippen molar-refractivity contribution in [2.24, 2.45) is 0 Å². The van der Waals surface area contributed by atoms with Gasteiger partial charge in [-0.15, -0.1) is 0 Å². The quantitative estimate of drug-likeness (QED) is 0.774. The van der Waals surface area contributed by atoms with Gasteiger partial charge in [-0.1, -0.05) is 52.3 Å². The fourth-order valence-electron chi connectivity index (χ4n) is 2.59. The molecule has 0 saturated heterocycles. The van der Waals surface area contributed by atoms with Crippen LogP contribution in [0.1, 0.15) is 24.1 Å². The summed E-state index contributed by atoms with van der Waals surface area (Å²) < 4.78 is 0. The predicted molar refractivity (Wildman–Crippen MR) is 78.0 cm³/mol. The summed E-state index contributed by atoms with van der Waals surface area (Å²) in [5.74, 6) is 0. The van der Waals surface area contributed by atoms with E-state index in [1.165, 1.54) is 24.1 Å². The van der Waals surface area contributed by atoms with E-state index in [2.05, 4.69) is 63.4 Å². The first kappa shape index (κ1) is 11.9. The molecule has 2 heteroatoms. The molecule has 1 saturated carbocycles. The van der Waals surface area contributed by atoms with E-state index in [0.717, 1.165) is 6.42 Å². The van der Waals surface area contributed by atoms with Crippen molar-refractivity contribution in [2.45, 2.75) is 29.5 Å². The van der Waals surface area contributed by atoms with Crippen LogP contribution in [0.2, 0.25) is 0 Å². The van der Waals surface area contributed by atoms with Gasteiger partial charge in [0.1, 0.15) is 0 Å². The number of halogens is 1. The van der Waals surface area contributed by atoms with Crippen molar-refractivity contribution in [1.82, 2.24) is 4.98 Å². The Morgan fingerprint density at radius 1 is 1.06 bits per heavy atom. The highest BCUT2D eigenvalue weighted by atomic mass is 79.9. The first-order valence-corrected chi connectivity index (χ1v) is 7.32. The lowest BCUT2D eigenvalue weighted by Crippen LogP contribution is -2.23. The lowest BCUT2D eigenvalue weighted by molar-refractivity contribution is 0.640. The average molecular weight is 302 g/mol. The minimum atomic E-state index is 0.332. The van der Waals surface area contributed by atoms with Crippen molar-refractivity contribution in [3.8, 4) is 0 Å². The van der Waals surface area contributed by atoms with Crippen LogP contribution in [0.15, 0.2) is 54.7 Å². The fraction of sp³-hybridized carbons (Fsp3) is 0.312. The standard InChI is InChI=1S/C16H16BrN/c17-15(12-14-8-4-5-11-18-14)16(9-10-16)13-6-2-1-3-7-13/h1-8,11,15H,9-10,12H2. The number of benzene rings is 1. The van der Waals surface area contributed by atoms with Gasteiger partial charge in [0.2, 0.25) is 0 Å². The maximum Gasteiger partial charge on any atom is 0.0415 e. The maximum absolute atomic E-state index is 4.42. The van der Waals surface area contributed by atoms with Crippen molar-refractivity contribution >= 4 is 15.9 Å². The van der Waals surface area contributed by atoms with Crippen molar-refractivity contribution in [1.29, 1.82) is 0 Å². The average Bonchev–Trinajstić information content (AvgIpc) is 3.22. The second-order valence-corrected chi connectivity index (χ2v) is 6.12. The lowest BCUT2D eigenvalue weighted by atomic mass is 9.90. The Hall–Kier alpha value is -1.15. The van der Waals surface area contributed by atoms with Crippen molar-refractivity contribution in [3.63, 3.8) is 0 Å². The van der Waals surface area contributed by atoms with Gasteiger partial charge in [-0.25, -0.2) is 0 Å². The largest absolute Gasteiger partial charge is 0.261 e. The van der Waals surface area contributed by atoms with Crippen LogP contribution >= 0.6 is 15.9 Å². The molecule has 0 spiro atoms. The Bertz CT molecular complexity index is 505. The van der Waals surface area contributed by atoms with Crippen molar-refractivity contribution in [3.05, 3.63) is 66.0 Å². The Balaban J connectivity index is 1.79. The molecule has 1 aromatic carbocycles. The number of nitrogens with zero attached hydrogens (tertiary/aromatic N) is 1. The highest BCUT2D eigenvalue weighted by Gasteiger charge is 2.49. The van der Waals surface area contributed by atoms with Gasteiger partial charge in [0.25, 0.3) is 0 Å². The number of alkyl halides is 1. The molecule has 1 fully saturated rings. The Labute approximate surface area is 116 Å². The van der Waals surface area contributed by atoms with Crippen LogP contribution < -0.4 is 0 Å². The highest BCUT2D eigenvalue weighted by Crippen LogP contribution is 2.54. The molecule has 0 amide bonds. The van der Waals surface area contributed by atoms with E-state index in [-0.39, 0.29) is 0 Å². The van der Waals surface area contributed by atoms with Gasteiger partial charge < -0.3 is 0 Å². The second kappa shape index (κ2) is 4.85. The molecule has 92 valence electrons. The Morgan fingerprint density at radius 2 is 1.78 bits per heavy atom. The van der Waals surface area contributed by atoms with E-state index in [0.29, 0.717) is 10.2 Å². The fourth-order valence-corrected chi connectivity index (χ4v) is 3.64. The first-order chi connectivity index (χ1) is 8.81. The summed E-state index contributed by atoms with van der Waals surface area (Å²) in [6.45, 7) is 0. The summed E-state index contributed by atoms with van der Waals surface area (Å²) in [6.07, 6.45) is 5.42. The SMILES string of the molecule is BrC(Cc1ccccn1)C1(c2ccccc2)CC1. The number of rotatable bonds is 4. The van der Waals surface area contributed by atoms with Crippen molar-refractivity contribution < 1.29 is 0 Å². The highest BCUT2D eigenvalue weighted by molar-refractivity contribution is 9.09. The maximum atomic E-state index is 4.42. The molecule has 1 nitrogen and oxygen atoms in total. The Morgan fingerprint density at radius 3 is 2.39 bits per heavy atom. The normalized spacial score (nSPS) is 18.3. The molecule has 1 unspecified atom stereocenters. The number of aromatic nitrogens is 1. The predicted octanol–water partition coefficient (Wildman–Crippen LogP) is 4.12. The summed E-state index contributed by atoms with van der Waals surface area (Å²) in [5, 5.41) is 0. The smallest absolute Gasteiger partial charge is 0.0415 e. The molecule has 0 N–H and O–H groups in total. The van der Waals surface area contributed by atoms with Gasteiger partial charge in [-0.3, -0.25) is 4.98 Å². The molecule has 1 heterocycles. The minimum Gasteiger partial charge on any atom is -0.261 e. The van der Waals surface area contributed by atoms with Crippen LogP contribution in [0.5, 0.6) is 0 Å². The molecule has 0 bridgehead atoms. The summed E-state index contributed by atoms with van der Waals surface area (Å²) in [6, 6.07) is 17.0. The molecule has 1 aliphatic rings. The molecular formula is C16H16BrN. The topological polar surface area (TPSA) is 12.9 Å². The van der Waals surface area contributed by atoms with Gasteiger partial charge in [0.05, 0.1) is 0 Å². The third kappa shape index (κ3) is 2.22. The summed E-state index contributed by atoms with van der Waals surface area (Å²) in [4.78, 5) is 4.90. The molecule has 3 rings (SSSR count). The zero-order valence-electron chi connectivity index (χ0n) is 10.2. The van der Waals surface area contributed by atoms with Crippen LogP contribution in [0.25, 0.3) is 0 Å². The molecule has 0 aliphatic heterocycles. The number of hydrogen-bond donors (Lipinski definition) is 0. The molecule has 1 atom stereocenters. The van der Waals surface area contributed by atoms with Gasteiger partial charge in [0.15, 0.2) is 0 Å². The zero-order valence-corrected chi connectivity index (χ0v) is 11.8. The van der Waals surface area contributed by atoms with Crippen LogP contribution in [-0.2, 0) is 11.8 Å². The zero-order chi connectivity index (χ0) is 12.4. The van der Waals surface area contributed by atoms with E-state index in [1.54, 1.807) is 0 Å². The molecule has 1 aliphatic carbocycles. The third-order valence-electron chi connectivity index (χ3n) is 3.85. The van der Waals surface area contributed by atoms with Crippen LogP contribution in [0.3, 0.4) is 0 Å². The summed E-state index contributed by atoms with van der Waals surface area (Å²) >= 11 is 3.90. The van der Waals surface area contributed by atoms with Gasteiger partial charge >= 0.3 is 0 Å². The minimum absolute atomic E-state index is 0.332. The van der Waals surface area contributed by atoms with E-state index in [9.17, 15) is 0 Å². The van der Waals surface area contributed by atoms with Crippen molar-refractivity contribution in [2.75, 3.05) is 0 Å². The number of hydrogen-bond acceptors (Lipinski definition) is 1. The van der Waals surface area contributed by atoms with E-state index < -0.39 is 0 Å². The third-order valence-corrected chi connectivity index (χ3v) is 5.05. The van der Waals surface area contributed by atoms with E-state index in [1.807, 2.05) is 12.3 Å². The summed E-state index contributed by atoms with van der Waals surface area (Å²) in [5.41, 5.74) is 2.96. The molecule has 2 aromatic rings. The first-order valence-electron chi connectivity index (χ1n) is 6.41. The van der Waals surface area contributed by atoms with Crippen LogP contribution in [0, 0.1) is 0 Å². The lowest BCUT2D eigenvalue weighted by Gasteiger charge is -2.22. The van der Waals surface area contributed by atoms with E-state index in [4.69, 9.17) is 0 Å². The van der Waals surface area contributed by atoms with E-state index >= 15 is 0 Å². The molecule has 18 heavy (non-hydrogen) atoms. The van der Waals surface area contributed by atoms with Gasteiger partial charge in [-0.05, 0) is 30.5 Å². The van der Waals surface area contributed by atoms with Crippen LogP contribution in [0.4, 0.5) is 0 Å². The number of pyridine rings is 1. The van der Waals surface area contributed by atoms with Gasteiger partial charge in [-0.2, -0.15) is 0 Å². The Kier molecular flexibility index (Phi) is 3.21. The van der Waals surface area contributed by atoms with Crippen LogP contribution in [-0.4, -0.2) is 9.81 Å². The molecule has 1 aromatic heterocycles. The molecular weight excluding hydrogens is 286 g/mol.